The van der Waals surface area contributed by atoms with Crippen LogP contribution in [0, 0.1) is 0 Å². The molecule has 2 heteroatoms. The summed E-state index contributed by atoms with van der Waals surface area (Å²) in [4.78, 5) is 2.33. The molecule has 0 radical (unpaired) electrons. The third-order valence-corrected chi connectivity index (χ3v) is 10.2. The molecule has 0 atom stereocenters. The van der Waals surface area contributed by atoms with E-state index in [4.69, 9.17) is 4.42 Å². The summed E-state index contributed by atoms with van der Waals surface area (Å²) < 4.78 is 6.36. The molecular formula is C50H33NO. The predicted octanol–water partition coefficient (Wildman–Crippen LogP) is 14.4. The van der Waals surface area contributed by atoms with Crippen LogP contribution >= 0.6 is 0 Å². The molecule has 0 aliphatic carbocycles. The van der Waals surface area contributed by atoms with E-state index in [-0.39, 0.29) is 0 Å². The number of anilines is 3. The molecule has 0 N–H and O–H groups in total. The first kappa shape index (κ1) is 30.0. The maximum Gasteiger partial charge on any atom is 0.137 e. The van der Waals surface area contributed by atoms with Crippen LogP contribution in [0.5, 0.6) is 0 Å². The van der Waals surface area contributed by atoms with Gasteiger partial charge < -0.3 is 9.32 Å². The molecule has 0 aliphatic heterocycles. The fourth-order valence-corrected chi connectivity index (χ4v) is 7.53. The zero-order valence-corrected chi connectivity index (χ0v) is 28.4. The van der Waals surface area contributed by atoms with Gasteiger partial charge in [0, 0.05) is 33.9 Å². The van der Waals surface area contributed by atoms with Crippen LogP contribution in [0.4, 0.5) is 17.1 Å². The lowest BCUT2D eigenvalue weighted by molar-refractivity contribution is 0.669. The second-order valence-corrected chi connectivity index (χ2v) is 13.4. The van der Waals surface area contributed by atoms with Crippen molar-refractivity contribution < 1.29 is 4.42 Å². The Morgan fingerprint density at radius 2 is 0.769 bits per heavy atom. The molecule has 9 aromatic carbocycles. The predicted molar refractivity (Wildman–Crippen MR) is 220 cm³/mol. The molecule has 0 aliphatic rings. The van der Waals surface area contributed by atoms with E-state index in [2.05, 4.69) is 193 Å². The van der Waals surface area contributed by atoms with E-state index >= 15 is 0 Å². The van der Waals surface area contributed by atoms with Crippen LogP contribution in [0.1, 0.15) is 0 Å². The SMILES string of the molecule is c1ccc(-c2cccc(N(c3ccc4cc(-c5ccc(-c6ccc7ccccc7c6)cc5)ccc4c3)c3ccc4c(c3)oc3ccccc34)c2)cc1. The first-order valence-electron chi connectivity index (χ1n) is 17.7. The number of furan rings is 1. The van der Waals surface area contributed by atoms with Crippen LogP contribution in [-0.4, -0.2) is 0 Å². The molecule has 0 amide bonds. The largest absolute Gasteiger partial charge is 0.456 e. The number of fused-ring (bicyclic) bond motifs is 5. The standard InChI is InChI=1S/C50H33NO/c1-2-9-34(10-3-1)39-13-8-14-44(31-39)51(46-27-28-48-47-15-6-7-16-49(47)52-50(48)33-46)45-26-25-42-30-41(23-24-43(42)32-45)37-19-17-36(18-20-37)40-22-21-35-11-4-5-12-38(35)29-40/h1-33H. The Morgan fingerprint density at radius 3 is 1.58 bits per heavy atom. The minimum absolute atomic E-state index is 0.875. The van der Waals surface area contributed by atoms with E-state index in [0.717, 1.165) is 39.0 Å². The normalized spacial score (nSPS) is 11.5. The first-order chi connectivity index (χ1) is 25.7. The van der Waals surface area contributed by atoms with Crippen LogP contribution in [0.2, 0.25) is 0 Å². The molecule has 10 aromatic rings. The van der Waals surface area contributed by atoms with Crippen molar-refractivity contribution in [2.45, 2.75) is 0 Å². The van der Waals surface area contributed by atoms with E-state index in [0.29, 0.717) is 0 Å². The molecule has 244 valence electrons. The topological polar surface area (TPSA) is 16.4 Å². The maximum absolute atomic E-state index is 6.36. The van der Waals surface area contributed by atoms with Crippen molar-refractivity contribution in [2.24, 2.45) is 0 Å². The Kier molecular flexibility index (Phi) is 7.18. The van der Waals surface area contributed by atoms with Crippen LogP contribution in [0.3, 0.4) is 0 Å². The van der Waals surface area contributed by atoms with Crippen molar-refractivity contribution in [2.75, 3.05) is 4.90 Å². The van der Waals surface area contributed by atoms with Crippen molar-refractivity contribution in [1.29, 1.82) is 0 Å². The van der Waals surface area contributed by atoms with Gasteiger partial charge in [0.25, 0.3) is 0 Å². The Labute approximate surface area is 302 Å². The fraction of sp³-hybridized carbons (Fsp3) is 0. The minimum atomic E-state index is 0.875. The van der Waals surface area contributed by atoms with Crippen molar-refractivity contribution >= 4 is 60.5 Å². The van der Waals surface area contributed by atoms with Gasteiger partial charge in [-0.25, -0.2) is 0 Å². The zero-order chi connectivity index (χ0) is 34.4. The molecule has 10 rings (SSSR count). The molecule has 2 nitrogen and oxygen atoms in total. The lowest BCUT2D eigenvalue weighted by Gasteiger charge is -2.26. The van der Waals surface area contributed by atoms with Gasteiger partial charge in [-0.1, -0.05) is 140 Å². The third kappa shape index (κ3) is 5.39. The number of hydrogen-bond acceptors (Lipinski definition) is 2. The molecular weight excluding hydrogens is 631 g/mol. The summed E-state index contributed by atoms with van der Waals surface area (Å²) in [6.07, 6.45) is 0. The van der Waals surface area contributed by atoms with Crippen LogP contribution in [0.15, 0.2) is 205 Å². The average Bonchev–Trinajstić information content (AvgIpc) is 3.59. The molecule has 52 heavy (non-hydrogen) atoms. The van der Waals surface area contributed by atoms with Gasteiger partial charge in [0.2, 0.25) is 0 Å². The lowest BCUT2D eigenvalue weighted by Crippen LogP contribution is -2.10. The van der Waals surface area contributed by atoms with Gasteiger partial charge in [-0.3, -0.25) is 0 Å². The Balaban J connectivity index is 1.03. The Bertz CT molecular complexity index is 2900. The molecule has 1 aromatic heterocycles. The van der Waals surface area contributed by atoms with E-state index in [1.54, 1.807) is 0 Å². The zero-order valence-electron chi connectivity index (χ0n) is 28.4. The highest BCUT2D eigenvalue weighted by Crippen LogP contribution is 2.41. The molecule has 0 fully saturated rings. The van der Waals surface area contributed by atoms with E-state index in [1.165, 1.54) is 54.9 Å². The number of hydrogen-bond donors (Lipinski definition) is 0. The van der Waals surface area contributed by atoms with Gasteiger partial charge in [-0.05, 0) is 110 Å². The molecule has 0 unspecified atom stereocenters. The smallest absolute Gasteiger partial charge is 0.137 e. The monoisotopic (exact) mass is 663 g/mol. The summed E-state index contributed by atoms with van der Waals surface area (Å²) in [6.45, 7) is 0. The molecule has 0 saturated heterocycles. The first-order valence-corrected chi connectivity index (χ1v) is 17.7. The van der Waals surface area contributed by atoms with Crippen LogP contribution < -0.4 is 4.90 Å². The van der Waals surface area contributed by atoms with E-state index in [1.807, 2.05) is 12.1 Å². The number of benzene rings is 9. The quantitative estimate of drug-likeness (QED) is 0.176. The number of nitrogens with zero attached hydrogens (tertiary/aromatic N) is 1. The highest BCUT2D eigenvalue weighted by molar-refractivity contribution is 6.06. The summed E-state index contributed by atoms with van der Waals surface area (Å²) >= 11 is 0. The maximum atomic E-state index is 6.36. The summed E-state index contributed by atoms with van der Waals surface area (Å²) in [5.41, 5.74) is 12.2. The van der Waals surface area contributed by atoms with Crippen molar-refractivity contribution in [3.63, 3.8) is 0 Å². The van der Waals surface area contributed by atoms with Gasteiger partial charge in [0.05, 0.1) is 0 Å². The second-order valence-electron chi connectivity index (χ2n) is 13.4. The molecule has 0 saturated carbocycles. The van der Waals surface area contributed by atoms with Crippen LogP contribution in [-0.2, 0) is 0 Å². The number of para-hydroxylation sites is 1. The lowest BCUT2D eigenvalue weighted by atomic mass is 9.97. The van der Waals surface area contributed by atoms with Gasteiger partial charge in [-0.15, -0.1) is 0 Å². The molecule has 0 spiro atoms. The molecule has 0 bridgehead atoms. The van der Waals surface area contributed by atoms with E-state index in [9.17, 15) is 0 Å². The van der Waals surface area contributed by atoms with Crippen LogP contribution in [0.25, 0.3) is 76.9 Å². The van der Waals surface area contributed by atoms with E-state index < -0.39 is 0 Å². The summed E-state index contributed by atoms with van der Waals surface area (Å²) in [6, 6.07) is 71.8. The Morgan fingerprint density at radius 1 is 0.269 bits per heavy atom. The minimum Gasteiger partial charge on any atom is -0.456 e. The summed E-state index contributed by atoms with van der Waals surface area (Å²) in [5.74, 6) is 0. The fourth-order valence-electron chi connectivity index (χ4n) is 7.53. The summed E-state index contributed by atoms with van der Waals surface area (Å²) in [7, 11) is 0. The van der Waals surface area contributed by atoms with Crippen molar-refractivity contribution in [3.05, 3.63) is 200 Å². The highest BCUT2D eigenvalue weighted by Gasteiger charge is 2.17. The van der Waals surface area contributed by atoms with Gasteiger partial charge in [-0.2, -0.15) is 0 Å². The van der Waals surface area contributed by atoms with Gasteiger partial charge >= 0.3 is 0 Å². The highest BCUT2D eigenvalue weighted by atomic mass is 16.3. The summed E-state index contributed by atoms with van der Waals surface area (Å²) in [5, 5.41) is 7.16. The van der Waals surface area contributed by atoms with Crippen molar-refractivity contribution in [3.8, 4) is 33.4 Å². The van der Waals surface area contributed by atoms with Crippen molar-refractivity contribution in [1.82, 2.24) is 0 Å². The van der Waals surface area contributed by atoms with Gasteiger partial charge in [0.1, 0.15) is 11.2 Å². The van der Waals surface area contributed by atoms with Gasteiger partial charge in [0.15, 0.2) is 0 Å². The average molecular weight is 664 g/mol. The Hall–Kier alpha value is -6.90. The molecule has 1 heterocycles. The number of rotatable bonds is 6. The second kappa shape index (κ2) is 12.5. The third-order valence-electron chi connectivity index (χ3n) is 10.2.